The Labute approximate surface area is 192 Å². The lowest BCUT2D eigenvalue weighted by molar-refractivity contribution is -0.116. The fourth-order valence-corrected chi connectivity index (χ4v) is 3.65. The number of amides is 2. The van der Waals surface area contributed by atoms with E-state index in [1.54, 1.807) is 24.3 Å². The van der Waals surface area contributed by atoms with Crippen LogP contribution in [-0.2, 0) is 9.59 Å². The number of nitriles is 1. The predicted octanol–water partition coefficient (Wildman–Crippen LogP) is 5.05. The molecule has 2 amide bonds. The van der Waals surface area contributed by atoms with Crippen molar-refractivity contribution in [2.24, 2.45) is 0 Å². The Bertz CT molecular complexity index is 1250. The second kappa shape index (κ2) is 10.5. The molecule has 33 heavy (non-hydrogen) atoms. The van der Waals surface area contributed by atoms with Gasteiger partial charge in [-0.3, -0.25) is 14.5 Å². The van der Waals surface area contributed by atoms with E-state index in [9.17, 15) is 23.6 Å². The van der Waals surface area contributed by atoms with Crippen LogP contribution in [0.2, 0.25) is 0 Å². The minimum absolute atomic E-state index is 0.100. The maximum atomic E-state index is 14.2. The number of aromatic nitrogens is 1. The van der Waals surface area contributed by atoms with Crippen molar-refractivity contribution >= 4 is 45.7 Å². The number of carbonyl (C=O) groups is 2. The van der Waals surface area contributed by atoms with Crippen molar-refractivity contribution in [2.75, 3.05) is 16.8 Å². The maximum absolute atomic E-state index is 14.2. The first-order valence-corrected chi connectivity index (χ1v) is 10.6. The Morgan fingerprint density at radius 1 is 1.24 bits per heavy atom. The van der Waals surface area contributed by atoms with Gasteiger partial charge in [0.15, 0.2) is 5.13 Å². The van der Waals surface area contributed by atoms with Crippen molar-refractivity contribution < 1.29 is 23.1 Å². The van der Waals surface area contributed by atoms with Gasteiger partial charge in [-0.15, -0.1) is 11.3 Å². The Hall–Kier alpha value is -4.10. The minimum atomic E-state index is -0.926. The van der Waals surface area contributed by atoms with Crippen LogP contribution in [-0.4, -0.2) is 23.4 Å². The van der Waals surface area contributed by atoms with E-state index in [-0.39, 0.29) is 22.1 Å². The molecule has 10 heteroatoms. The van der Waals surface area contributed by atoms with Gasteiger partial charge >= 0.3 is 0 Å². The Balaban J connectivity index is 1.82. The van der Waals surface area contributed by atoms with Crippen molar-refractivity contribution in [2.45, 2.75) is 13.8 Å². The number of rotatable bonds is 7. The summed E-state index contributed by atoms with van der Waals surface area (Å²) in [6.07, 6.45) is 1.25. The van der Waals surface area contributed by atoms with Crippen LogP contribution in [0.5, 0.6) is 5.75 Å². The number of hydrogen-bond acceptors (Lipinski definition) is 6. The normalized spacial score (nSPS) is 10.9. The van der Waals surface area contributed by atoms with Crippen LogP contribution in [0.3, 0.4) is 0 Å². The van der Waals surface area contributed by atoms with E-state index in [2.05, 4.69) is 10.3 Å². The SMILES string of the molecule is CCOc1ccc(NC(=O)/C(C#N)=C/c2csc(N(C(C)=O)c3ccc(F)cc3F)n2)cc1. The molecule has 2 aromatic carbocycles. The molecule has 0 saturated heterocycles. The van der Waals surface area contributed by atoms with Crippen molar-refractivity contribution in [1.82, 2.24) is 4.98 Å². The number of carbonyl (C=O) groups excluding carboxylic acids is 2. The molecule has 0 bridgehead atoms. The van der Waals surface area contributed by atoms with Gasteiger partial charge in [-0.25, -0.2) is 13.8 Å². The molecule has 1 N–H and O–H groups in total. The summed E-state index contributed by atoms with van der Waals surface area (Å²) in [6, 6.07) is 11.3. The first kappa shape index (κ1) is 23.6. The molecule has 0 unspecified atom stereocenters. The van der Waals surface area contributed by atoms with Gasteiger partial charge in [0.05, 0.1) is 18.0 Å². The van der Waals surface area contributed by atoms with Crippen LogP contribution in [0.25, 0.3) is 6.08 Å². The molecule has 7 nitrogen and oxygen atoms in total. The zero-order valence-corrected chi connectivity index (χ0v) is 18.5. The van der Waals surface area contributed by atoms with Crippen LogP contribution in [0, 0.1) is 23.0 Å². The second-order valence-corrected chi connectivity index (χ2v) is 7.42. The van der Waals surface area contributed by atoms with Crippen LogP contribution < -0.4 is 15.0 Å². The topological polar surface area (TPSA) is 95.3 Å². The average molecular weight is 468 g/mol. The standard InChI is InChI=1S/C23H18F2N4O3S/c1-3-32-19-7-5-17(6-8-19)27-22(31)15(12-26)10-18-13-33-23(28-18)29(14(2)30)21-9-4-16(24)11-20(21)25/h4-11,13H,3H2,1-2H3,(H,27,31)/b15-10+. The van der Waals surface area contributed by atoms with Crippen LogP contribution in [0.1, 0.15) is 19.5 Å². The zero-order valence-electron chi connectivity index (χ0n) is 17.6. The Morgan fingerprint density at radius 2 is 1.97 bits per heavy atom. The number of ether oxygens (including phenoxy) is 1. The summed E-state index contributed by atoms with van der Waals surface area (Å²) in [5, 5.41) is 13.6. The van der Waals surface area contributed by atoms with Gasteiger partial charge in [-0.1, -0.05) is 0 Å². The molecule has 1 heterocycles. The molecule has 0 atom stereocenters. The van der Waals surface area contributed by atoms with Crippen LogP contribution >= 0.6 is 11.3 Å². The molecular weight excluding hydrogens is 450 g/mol. The quantitative estimate of drug-likeness (QED) is 0.387. The third-order valence-electron chi connectivity index (χ3n) is 4.25. The number of hydrogen-bond donors (Lipinski definition) is 1. The van der Waals surface area contributed by atoms with Crippen LogP contribution in [0.4, 0.5) is 25.3 Å². The van der Waals surface area contributed by atoms with Gasteiger partial charge in [-0.2, -0.15) is 5.26 Å². The second-order valence-electron chi connectivity index (χ2n) is 6.59. The van der Waals surface area contributed by atoms with Gasteiger partial charge in [0.2, 0.25) is 5.91 Å². The molecule has 0 aliphatic heterocycles. The van der Waals surface area contributed by atoms with E-state index in [1.807, 2.05) is 13.0 Å². The van der Waals surface area contributed by atoms with E-state index >= 15 is 0 Å². The number of nitrogens with zero attached hydrogens (tertiary/aromatic N) is 3. The highest BCUT2D eigenvalue weighted by Crippen LogP contribution is 2.31. The van der Waals surface area contributed by atoms with Gasteiger partial charge in [-0.05, 0) is 49.4 Å². The molecule has 0 saturated carbocycles. The smallest absolute Gasteiger partial charge is 0.266 e. The van der Waals surface area contributed by atoms with E-state index in [0.717, 1.165) is 28.4 Å². The molecular formula is C23H18F2N4O3S. The Morgan fingerprint density at radius 3 is 2.58 bits per heavy atom. The van der Waals surface area contributed by atoms with Crippen molar-refractivity contribution in [1.29, 1.82) is 5.26 Å². The highest BCUT2D eigenvalue weighted by molar-refractivity contribution is 7.14. The van der Waals surface area contributed by atoms with E-state index in [1.165, 1.54) is 18.4 Å². The molecule has 3 aromatic rings. The van der Waals surface area contributed by atoms with Gasteiger partial charge < -0.3 is 10.1 Å². The monoisotopic (exact) mass is 468 g/mol. The lowest BCUT2D eigenvalue weighted by Crippen LogP contribution is -2.23. The van der Waals surface area contributed by atoms with Gasteiger partial charge in [0, 0.05) is 24.1 Å². The summed E-state index contributed by atoms with van der Waals surface area (Å²) in [5.41, 5.74) is 0.311. The molecule has 0 aliphatic carbocycles. The number of nitrogens with one attached hydrogen (secondary N) is 1. The lowest BCUT2D eigenvalue weighted by Gasteiger charge is -2.18. The largest absolute Gasteiger partial charge is 0.494 e. The molecule has 168 valence electrons. The van der Waals surface area contributed by atoms with Crippen molar-refractivity contribution in [3.8, 4) is 11.8 Å². The summed E-state index contributed by atoms with van der Waals surface area (Å²) in [4.78, 5) is 29.8. The highest BCUT2D eigenvalue weighted by Gasteiger charge is 2.22. The highest BCUT2D eigenvalue weighted by atomic mass is 32.1. The molecule has 1 aromatic heterocycles. The Kier molecular flexibility index (Phi) is 7.48. The van der Waals surface area contributed by atoms with E-state index in [4.69, 9.17) is 4.74 Å². The summed E-state index contributed by atoms with van der Waals surface area (Å²) in [5.74, 6) is -2.25. The summed E-state index contributed by atoms with van der Waals surface area (Å²) in [7, 11) is 0. The van der Waals surface area contributed by atoms with Crippen LogP contribution in [0.15, 0.2) is 53.4 Å². The third-order valence-corrected chi connectivity index (χ3v) is 5.09. The van der Waals surface area contributed by atoms with Gasteiger partial charge in [0.1, 0.15) is 29.0 Å². The fourth-order valence-electron chi connectivity index (χ4n) is 2.81. The summed E-state index contributed by atoms with van der Waals surface area (Å²) < 4.78 is 32.8. The predicted molar refractivity (Wildman–Crippen MR) is 121 cm³/mol. The fraction of sp³-hybridized carbons (Fsp3) is 0.130. The van der Waals surface area contributed by atoms with Gasteiger partial charge in [0.25, 0.3) is 5.91 Å². The molecule has 0 aliphatic rings. The number of anilines is 3. The van der Waals surface area contributed by atoms with Crippen molar-refractivity contribution in [3.05, 3.63) is 70.7 Å². The molecule has 0 radical (unpaired) electrons. The third kappa shape index (κ3) is 5.78. The molecule has 0 fully saturated rings. The number of halogens is 2. The maximum Gasteiger partial charge on any atom is 0.266 e. The molecule has 3 rings (SSSR count). The van der Waals surface area contributed by atoms with E-state index in [0.29, 0.717) is 24.1 Å². The average Bonchev–Trinajstić information content (AvgIpc) is 3.23. The number of thiazole rings is 1. The first-order chi connectivity index (χ1) is 15.8. The lowest BCUT2D eigenvalue weighted by atomic mass is 10.2. The zero-order chi connectivity index (χ0) is 24.0. The first-order valence-electron chi connectivity index (χ1n) is 9.69. The minimum Gasteiger partial charge on any atom is -0.494 e. The summed E-state index contributed by atoms with van der Waals surface area (Å²) in [6.45, 7) is 3.58. The van der Waals surface area contributed by atoms with Crippen molar-refractivity contribution in [3.63, 3.8) is 0 Å². The number of benzene rings is 2. The molecule has 0 spiro atoms. The summed E-state index contributed by atoms with van der Waals surface area (Å²) >= 11 is 1.00. The van der Waals surface area contributed by atoms with E-state index < -0.39 is 23.4 Å².